The number of sulfonamides is 1. The van der Waals surface area contributed by atoms with Crippen molar-refractivity contribution in [2.24, 2.45) is 0 Å². The lowest BCUT2D eigenvalue weighted by atomic mass is 10.4. The van der Waals surface area contributed by atoms with Gasteiger partial charge in [0.25, 0.3) is 0 Å². The Balaban J connectivity index is 2.90. The molecular formula is C9H14F3NO4S. The maximum atomic E-state index is 12.3. The van der Waals surface area contributed by atoms with Gasteiger partial charge >= 0.3 is 12.1 Å². The highest BCUT2D eigenvalue weighted by Crippen LogP contribution is 2.29. The molecule has 1 N–H and O–H groups in total. The lowest BCUT2D eigenvalue weighted by Crippen LogP contribution is -2.45. The first-order valence-electron chi connectivity index (χ1n) is 5.40. The number of carboxylic acid groups (broad SMARTS) is 1. The fourth-order valence-corrected chi connectivity index (χ4v) is 3.95. The molecule has 1 saturated carbocycles. The van der Waals surface area contributed by atoms with Gasteiger partial charge in [-0.25, -0.2) is 8.42 Å². The Morgan fingerprint density at radius 3 is 2.17 bits per heavy atom. The third kappa shape index (κ3) is 4.13. The molecule has 18 heavy (non-hydrogen) atoms. The highest BCUT2D eigenvalue weighted by atomic mass is 32.2. The minimum Gasteiger partial charge on any atom is -0.480 e. The molecule has 0 aromatic heterocycles. The van der Waals surface area contributed by atoms with E-state index in [9.17, 15) is 26.4 Å². The Labute approximate surface area is 103 Å². The van der Waals surface area contributed by atoms with Crippen LogP contribution in [-0.2, 0) is 14.8 Å². The van der Waals surface area contributed by atoms with Gasteiger partial charge in [-0.2, -0.15) is 17.5 Å². The van der Waals surface area contributed by atoms with Gasteiger partial charge in [0.2, 0.25) is 10.0 Å². The number of hydrogen-bond donors (Lipinski definition) is 1. The summed E-state index contributed by atoms with van der Waals surface area (Å²) in [5.74, 6) is -1.60. The summed E-state index contributed by atoms with van der Waals surface area (Å²) in [6.07, 6.45) is -2.90. The number of hydrogen-bond acceptors (Lipinski definition) is 3. The largest absolute Gasteiger partial charge is 0.480 e. The Morgan fingerprint density at radius 2 is 1.78 bits per heavy atom. The van der Waals surface area contributed by atoms with Crippen LogP contribution in [0.25, 0.3) is 0 Å². The maximum absolute atomic E-state index is 12.3. The third-order valence-corrected chi connectivity index (χ3v) is 5.04. The lowest BCUT2D eigenvalue weighted by Gasteiger charge is -2.24. The van der Waals surface area contributed by atoms with Crippen molar-refractivity contribution in [2.75, 3.05) is 13.1 Å². The van der Waals surface area contributed by atoms with Crippen molar-refractivity contribution in [1.29, 1.82) is 0 Å². The van der Waals surface area contributed by atoms with Crippen LogP contribution in [0, 0.1) is 0 Å². The number of nitrogens with zero attached hydrogens (tertiary/aromatic N) is 1. The molecule has 0 aromatic rings. The van der Waals surface area contributed by atoms with Crippen LogP contribution in [0.4, 0.5) is 13.2 Å². The highest BCUT2D eigenvalue weighted by molar-refractivity contribution is 7.89. The van der Waals surface area contributed by atoms with Crippen molar-refractivity contribution in [3.05, 3.63) is 0 Å². The van der Waals surface area contributed by atoms with E-state index in [-0.39, 0.29) is 17.1 Å². The molecule has 1 aliphatic carbocycles. The minimum atomic E-state index is -4.75. The summed E-state index contributed by atoms with van der Waals surface area (Å²) in [5, 5.41) is 7.62. The van der Waals surface area contributed by atoms with Crippen LogP contribution in [-0.4, -0.2) is 48.3 Å². The Kier molecular flexibility index (Phi) is 4.60. The zero-order valence-corrected chi connectivity index (χ0v) is 10.3. The quantitative estimate of drug-likeness (QED) is 0.825. The van der Waals surface area contributed by atoms with Crippen molar-refractivity contribution in [3.8, 4) is 0 Å². The van der Waals surface area contributed by atoms with Crippen molar-refractivity contribution >= 4 is 16.0 Å². The number of alkyl halides is 3. The van der Waals surface area contributed by atoms with E-state index in [1.807, 2.05) is 0 Å². The molecule has 5 nitrogen and oxygen atoms in total. The smallest absolute Gasteiger partial charge is 0.402 e. The van der Waals surface area contributed by atoms with Gasteiger partial charge in [0.1, 0.15) is 13.1 Å². The summed E-state index contributed by atoms with van der Waals surface area (Å²) in [6, 6.07) is 0. The summed E-state index contributed by atoms with van der Waals surface area (Å²) < 4.78 is 60.7. The van der Waals surface area contributed by atoms with Crippen molar-refractivity contribution in [2.45, 2.75) is 37.1 Å². The molecule has 1 rings (SSSR count). The topological polar surface area (TPSA) is 74.7 Å². The molecule has 106 valence electrons. The zero-order valence-electron chi connectivity index (χ0n) is 9.48. The monoisotopic (exact) mass is 289 g/mol. The number of aliphatic carboxylic acids is 1. The van der Waals surface area contributed by atoms with Gasteiger partial charge in [0, 0.05) is 0 Å². The average molecular weight is 289 g/mol. The number of halogens is 3. The van der Waals surface area contributed by atoms with Gasteiger partial charge in [-0.05, 0) is 12.8 Å². The Bertz CT molecular complexity index is 401. The first-order valence-corrected chi connectivity index (χ1v) is 6.91. The van der Waals surface area contributed by atoms with Gasteiger partial charge in [-0.3, -0.25) is 4.79 Å². The van der Waals surface area contributed by atoms with Crippen LogP contribution in [0.5, 0.6) is 0 Å². The third-order valence-electron chi connectivity index (χ3n) is 2.75. The number of rotatable bonds is 5. The van der Waals surface area contributed by atoms with E-state index >= 15 is 0 Å². The number of carbonyl (C=O) groups is 1. The van der Waals surface area contributed by atoms with Crippen LogP contribution in [0.3, 0.4) is 0 Å². The molecule has 0 unspecified atom stereocenters. The molecule has 0 atom stereocenters. The average Bonchev–Trinajstić information content (AvgIpc) is 2.66. The molecule has 1 fully saturated rings. The fraction of sp³-hybridized carbons (Fsp3) is 0.889. The van der Waals surface area contributed by atoms with E-state index in [1.165, 1.54) is 0 Å². The van der Waals surface area contributed by atoms with Crippen LogP contribution in [0.1, 0.15) is 25.7 Å². The van der Waals surface area contributed by atoms with E-state index in [0.717, 1.165) is 0 Å². The Hall–Kier alpha value is -0.830. The van der Waals surface area contributed by atoms with E-state index < -0.39 is 40.5 Å². The molecule has 9 heteroatoms. The molecule has 0 aliphatic heterocycles. The fourth-order valence-electron chi connectivity index (χ4n) is 1.98. The van der Waals surface area contributed by atoms with Gasteiger partial charge in [0.15, 0.2) is 0 Å². The van der Waals surface area contributed by atoms with E-state index in [2.05, 4.69) is 0 Å². The van der Waals surface area contributed by atoms with Crippen molar-refractivity contribution in [1.82, 2.24) is 4.31 Å². The van der Waals surface area contributed by atoms with Crippen LogP contribution < -0.4 is 0 Å². The van der Waals surface area contributed by atoms with Gasteiger partial charge in [-0.1, -0.05) is 12.8 Å². The van der Waals surface area contributed by atoms with Crippen LogP contribution >= 0.6 is 0 Å². The first kappa shape index (κ1) is 15.2. The summed E-state index contributed by atoms with van der Waals surface area (Å²) >= 11 is 0. The second kappa shape index (κ2) is 5.43. The highest BCUT2D eigenvalue weighted by Gasteiger charge is 2.41. The minimum absolute atomic E-state index is 0.0192. The number of carboxylic acids is 1. The van der Waals surface area contributed by atoms with Gasteiger partial charge < -0.3 is 5.11 Å². The summed E-state index contributed by atoms with van der Waals surface area (Å²) in [5.41, 5.74) is 0. The molecule has 0 spiro atoms. The standard InChI is InChI=1S/C9H14F3NO4S/c10-9(11,12)6-13(5-8(14)15)18(16,17)7-3-1-2-4-7/h7H,1-6H2,(H,14,15). The second-order valence-electron chi connectivity index (χ2n) is 4.23. The predicted octanol–water partition coefficient (Wildman–Crippen LogP) is 1.21. The molecule has 0 radical (unpaired) electrons. The zero-order chi connectivity index (χ0) is 14.0. The van der Waals surface area contributed by atoms with Crippen molar-refractivity contribution in [3.63, 3.8) is 0 Å². The normalized spacial score (nSPS) is 18.4. The molecule has 1 aliphatic rings. The predicted molar refractivity (Wildman–Crippen MR) is 56.4 cm³/mol. The lowest BCUT2D eigenvalue weighted by molar-refractivity contribution is -0.146. The molecule has 0 aromatic carbocycles. The molecule has 0 heterocycles. The van der Waals surface area contributed by atoms with Crippen LogP contribution in [0.2, 0.25) is 0 Å². The molecule has 0 amide bonds. The van der Waals surface area contributed by atoms with E-state index in [4.69, 9.17) is 5.11 Å². The van der Waals surface area contributed by atoms with E-state index in [0.29, 0.717) is 12.8 Å². The maximum Gasteiger partial charge on any atom is 0.402 e. The van der Waals surface area contributed by atoms with E-state index in [1.54, 1.807) is 0 Å². The van der Waals surface area contributed by atoms with Crippen LogP contribution in [0.15, 0.2) is 0 Å². The Morgan fingerprint density at radius 1 is 1.28 bits per heavy atom. The molecular weight excluding hydrogens is 275 g/mol. The van der Waals surface area contributed by atoms with Gasteiger partial charge in [-0.15, -0.1) is 0 Å². The summed E-state index contributed by atoms with van der Waals surface area (Å²) in [4.78, 5) is 10.5. The first-order chi connectivity index (χ1) is 8.13. The molecule has 0 saturated heterocycles. The summed E-state index contributed by atoms with van der Waals surface area (Å²) in [6.45, 7) is -2.91. The summed E-state index contributed by atoms with van der Waals surface area (Å²) in [7, 11) is -4.20. The molecule has 0 bridgehead atoms. The second-order valence-corrected chi connectivity index (χ2v) is 6.44. The SMILES string of the molecule is O=C(O)CN(CC(F)(F)F)S(=O)(=O)C1CCCC1. The van der Waals surface area contributed by atoms with Gasteiger partial charge in [0.05, 0.1) is 5.25 Å². The van der Waals surface area contributed by atoms with Crippen molar-refractivity contribution < 1.29 is 31.5 Å².